The highest BCUT2D eigenvalue weighted by atomic mass is 32.1. The van der Waals surface area contributed by atoms with Crippen molar-refractivity contribution in [2.24, 2.45) is 16.3 Å². The molecule has 1 rings (SSSR count). The van der Waals surface area contributed by atoms with E-state index in [1.54, 1.807) is 25.2 Å². The van der Waals surface area contributed by atoms with Gasteiger partial charge >= 0.3 is 0 Å². The lowest BCUT2D eigenvalue weighted by Crippen LogP contribution is -2.46. The summed E-state index contributed by atoms with van der Waals surface area (Å²) >= 11 is 1.64. The lowest BCUT2D eigenvalue weighted by Gasteiger charge is -2.24. The van der Waals surface area contributed by atoms with Gasteiger partial charge in [-0.2, -0.15) is 0 Å². The molecule has 1 heterocycles. The van der Waals surface area contributed by atoms with E-state index in [2.05, 4.69) is 10.5 Å². The maximum Gasteiger partial charge on any atom is 0.233 e. The maximum absolute atomic E-state index is 12.1. The third-order valence-corrected chi connectivity index (χ3v) is 4.03. The lowest BCUT2D eigenvalue weighted by molar-refractivity contribution is -0.127. The summed E-state index contributed by atoms with van der Waals surface area (Å²) in [5.74, 6) is -0.370. The minimum atomic E-state index is -1.03. The van der Waals surface area contributed by atoms with Crippen molar-refractivity contribution in [1.29, 1.82) is 0 Å². The molecule has 1 atom stereocenters. The predicted octanol–water partition coefficient (Wildman–Crippen LogP) is 2.01. The van der Waals surface area contributed by atoms with Crippen molar-refractivity contribution in [3.63, 3.8) is 0 Å². The van der Waals surface area contributed by atoms with Gasteiger partial charge in [-0.1, -0.05) is 5.16 Å². The molecular weight excluding hydrogens is 250 g/mol. The highest BCUT2D eigenvalue weighted by Gasteiger charge is 2.33. The van der Waals surface area contributed by atoms with Gasteiger partial charge in [0.15, 0.2) is 5.84 Å². The van der Waals surface area contributed by atoms with Crippen molar-refractivity contribution in [2.45, 2.75) is 33.7 Å². The van der Waals surface area contributed by atoms with Crippen molar-refractivity contribution >= 4 is 23.1 Å². The fraction of sp³-hybridized carbons (Fsp3) is 0.500. The van der Waals surface area contributed by atoms with E-state index < -0.39 is 5.41 Å². The number of amidine groups is 1. The topological polar surface area (TPSA) is 87.7 Å². The Kier molecular flexibility index (Phi) is 4.34. The number of carbonyl (C=O) groups excluding carboxylic acids is 1. The Balaban J connectivity index is 2.76. The number of aryl methyl sites for hydroxylation is 1. The van der Waals surface area contributed by atoms with Crippen LogP contribution in [0, 0.1) is 12.3 Å². The van der Waals surface area contributed by atoms with Gasteiger partial charge < -0.3 is 16.3 Å². The summed E-state index contributed by atoms with van der Waals surface area (Å²) in [6, 6.07) is 3.90. The van der Waals surface area contributed by atoms with Gasteiger partial charge in [0.05, 0.1) is 6.04 Å². The first-order valence-electron chi connectivity index (χ1n) is 5.64. The van der Waals surface area contributed by atoms with Crippen LogP contribution in [0.5, 0.6) is 0 Å². The Morgan fingerprint density at radius 2 is 2.17 bits per heavy atom. The molecule has 1 aromatic rings. The summed E-state index contributed by atoms with van der Waals surface area (Å²) in [4.78, 5) is 14.4. The van der Waals surface area contributed by atoms with Gasteiger partial charge in [0.1, 0.15) is 5.41 Å². The SMILES string of the molecule is Cc1ccc(C(C)NC(=O)C(C)(C)C(N)=NO)s1. The summed E-state index contributed by atoms with van der Waals surface area (Å²) in [7, 11) is 0. The van der Waals surface area contributed by atoms with Crippen LogP contribution in [0.4, 0.5) is 0 Å². The predicted molar refractivity (Wildman–Crippen MR) is 72.8 cm³/mol. The van der Waals surface area contributed by atoms with Gasteiger partial charge in [-0.25, -0.2) is 0 Å². The molecule has 4 N–H and O–H groups in total. The van der Waals surface area contributed by atoms with Gasteiger partial charge in [-0.15, -0.1) is 11.3 Å². The van der Waals surface area contributed by atoms with Crippen LogP contribution in [0.15, 0.2) is 17.3 Å². The summed E-state index contributed by atoms with van der Waals surface area (Å²) in [6.07, 6.45) is 0. The van der Waals surface area contributed by atoms with Crippen LogP contribution >= 0.6 is 11.3 Å². The first-order valence-corrected chi connectivity index (χ1v) is 6.46. The van der Waals surface area contributed by atoms with Crippen LogP contribution in [0.1, 0.15) is 36.6 Å². The van der Waals surface area contributed by atoms with Crippen LogP contribution in [0.2, 0.25) is 0 Å². The van der Waals surface area contributed by atoms with Crippen molar-refractivity contribution in [3.05, 3.63) is 21.9 Å². The fourth-order valence-corrected chi connectivity index (χ4v) is 2.26. The molecule has 0 saturated heterocycles. The third-order valence-electron chi connectivity index (χ3n) is 2.85. The molecule has 1 amide bonds. The zero-order valence-electron chi connectivity index (χ0n) is 11.0. The largest absolute Gasteiger partial charge is 0.409 e. The number of nitrogens with zero attached hydrogens (tertiary/aromatic N) is 1. The van der Waals surface area contributed by atoms with E-state index in [0.29, 0.717) is 0 Å². The molecule has 0 spiro atoms. The van der Waals surface area contributed by atoms with Gasteiger partial charge in [0.2, 0.25) is 5.91 Å². The Hall–Kier alpha value is -1.56. The van der Waals surface area contributed by atoms with Gasteiger partial charge in [-0.05, 0) is 39.8 Å². The number of carbonyl (C=O) groups is 1. The van der Waals surface area contributed by atoms with Gasteiger partial charge in [0.25, 0.3) is 0 Å². The monoisotopic (exact) mass is 269 g/mol. The van der Waals surface area contributed by atoms with Gasteiger partial charge in [0, 0.05) is 9.75 Å². The minimum absolute atomic E-state index is 0.0954. The molecule has 6 heteroatoms. The number of nitrogens with two attached hydrogens (primary N) is 1. The fourth-order valence-electron chi connectivity index (χ4n) is 1.38. The number of thiophene rings is 1. The van der Waals surface area contributed by atoms with Gasteiger partial charge in [-0.3, -0.25) is 4.79 Å². The van der Waals surface area contributed by atoms with E-state index in [9.17, 15) is 4.79 Å². The quantitative estimate of drug-likeness (QED) is 0.338. The molecule has 0 bridgehead atoms. The summed E-state index contributed by atoms with van der Waals surface area (Å²) in [5.41, 5.74) is 4.48. The average Bonchev–Trinajstić information content (AvgIpc) is 2.74. The van der Waals surface area contributed by atoms with Crippen LogP contribution in [-0.4, -0.2) is 17.0 Å². The zero-order valence-corrected chi connectivity index (χ0v) is 11.8. The number of hydrogen-bond acceptors (Lipinski definition) is 4. The number of nitrogens with one attached hydrogen (secondary N) is 1. The summed E-state index contributed by atoms with van der Waals surface area (Å²) < 4.78 is 0. The zero-order chi connectivity index (χ0) is 13.9. The molecular formula is C12H19N3O2S. The van der Waals surface area contributed by atoms with E-state index in [-0.39, 0.29) is 17.8 Å². The molecule has 100 valence electrons. The molecule has 0 aliphatic carbocycles. The number of rotatable bonds is 4. The molecule has 18 heavy (non-hydrogen) atoms. The van der Waals surface area contributed by atoms with Crippen LogP contribution in [-0.2, 0) is 4.79 Å². The van der Waals surface area contributed by atoms with E-state index in [4.69, 9.17) is 10.9 Å². The molecule has 1 unspecified atom stereocenters. The lowest BCUT2D eigenvalue weighted by atomic mass is 9.90. The Labute approximate surface area is 111 Å². The van der Waals surface area contributed by atoms with Crippen LogP contribution in [0.3, 0.4) is 0 Å². The molecule has 0 fully saturated rings. The molecule has 0 saturated carbocycles. The summed E-state index contributed by atoms with van der Waals surface area (Å²) in [5, 5.41) is 14.4. The molecule has 0 aliphatic heterocycles. The third kappa shape index (κ3) is 3.01. The van der Waals surface area contributed by atoms with E-state index in [1.165, 1.54) is 4.88 Å². The Morgan fingerprint density at radius 1 is 1.56 bits per heavy atom. The van der Waals surface area contributed by atoms with Crippen molar-refractivity contribution in [1.82, 2.24) is 5.32 Å². The van der Waals surface area contributed by atoms with Crippen molar-refractivity contribution in [2.75, 3.05) is 0 Å². The minimum Gasteiger partial charge on any atom is -0.409 e. The Morgan fingerprint density at radius 3 is 2.61 bits per heavy atom. The van der Waals surface area contributed by atoms with Crippen molar-refractivity contribution < 1.29 is 10.0 Å². The number of amides is 1. The molecule has 1 aromatic heterocycles. The number of oxime groups is 1. The summed E-state index contributed by atoms with van der Waals surface area (Å²) in [6.45, 7) is 7.15. The Bertz CT molecular complexity index is 466. The van der Waals surface area contributed by atoms with E-state index in [1.807, 2.05) is 26.0 Å². The highest BCUT2D eigenvalue weighted by molar-refractivity contribution is 7.12. The molecule has 0 radical (unpaired) electrons. The molecule has 5 nitrogen and oxygen atoms in total. The molecule has 0 aromatic carbocycles. The smallest absolute Gasteiger partial charge is 0.233 e. The van der Waals surface area contributed by atoms with E-state index in [0.717, 1.165) is 4.88 Å². The second-order valence-electron chi connectivity index (χ2n) is 4.75. The normalized spacial score (nSPS) is 14.3. The van der Waals surface area contributed by atoms with E-state index >= 15 is 0 Å². The average molecular weight is 269 g/mol. The molecule has 0 aliphatic rings. The first kappa shape index (κ1) is 14.5. The van der Waals surface area contributed by atoms with Crippen LogP contribution in [0.25, 0.3) is 0 Å². The van der Waals surface area contributed by atoms with Crippen LogP contribution < -0.4 is 11.1 Å². The first-order chi connectivity index (χ1) is 8.28. The number of hydrogen-bond donors (Lipinski definition) is 3. The second kappa shape index (κ2) is 5.39. The standard InChI is InChI=1S/C12H19N3O2S/c1-7-5-6-9(18-7)8(2)14-11(16)12(3,4)10(13)15-17/h5-6,8,17H,1-4H3,(H2,13,15)(H,14,16). The highest BCUT2D eigenvalue weighted by Crippen LogP contribution is 2.24. The maximum atomic E-state index is 12.1. The second-order valence-corrected chi connectivity index (χ2v) is 6.07. The van der Waals surface area contributed by atoms with Crippen molar-refractivity contribution in [3.8, 4) is 0 Å².